The number of hydrogen-bond donors (Lipinski definition) is 0. The van der Waals surface area contributed by atoms with Crippen LogP contribution in [0.25, 0.3) is 11.3 Å². The minimum absolute atomic E-state index is 0.375. The fourth-order valence-corrected chi connectivity index (χ4v) is 5.17. The van der Waals surface area contributed by atoms with E-state index in [0.29, 0.717) is 5.41 Å². The van der Waals surface area contributed by atoms with Crippen LogP contribution in [0.4, 0.5) is 0 Å². The van der Waals surface area contributed by atoms with Gasteiger partial charge in [0.1, 0.15) is 5.82 Å². The summed E-state index contributed by atoms with van der Waals surface area (Å²) in [5, 5.41) is 0. The Kier molecular flexibility index (Phi) is 8.29. The summed E-state index contributed by atoms with van der Waals surface area (Å²) in [5.74, 6) is 1.93. The van der Waals surface area contributed by atoms with Crippen molar-refractivity contribution in [1.82, 2.24) is 9.55 Å². The van der Waals surface area contributed by atoms with Gasteiger partial charge in [0.2, 0.25) is 0 Å². The SMILES string of the molecule is CC.CC.CCC1(C2=C(c3nccn3-c3c(C)cc(C)cc3C)CCC=C2)C[C@@H]1C. The number of rotatable bonds is 4. The van der Waals surface area contributed by atoms with Gasteiger partial charge in [-0.25, -0.2) is 4.98 Å². The number of benzene rings is 1. The first-order valence-electron chi connectivity index (χ1n) is 12.0. The molecule has 0 spiro atoms. The van der Waals surface area contributed by atoms with Crippen LogP contribution < -0.4 is 0 Å². The molecule has 2 aliphatic carbocycles. The van der Waals surface area contributed by atoms with E-state index in [4.69, 9.17) is 4.98 Å². The number of aryl methyl sites for hydroxylation is 3. The largest absolute Gasteiger partial charge is 0.300 e. The molecule has 1 aromatic carbocycles. The quantitative estimate of drug-likeness (QED) is 0.498. The van der Waals surface area contributed by atoms with Gasteiger partial charge in [0.25, 0.3) is 0 Å². The highest BCUT2D eigenvalue weighted by Crippen LogP contribution is 2.62. The Balaban J connectivity index is 0.000000757. The van der Waals surface area contributed by atoms with E-state index in [0.717, 1.165) is 24.6 Å². The van der Waals surface area contributed by atoms with Crippen molar-refractivity contribution in [3.8, 4) is 5.69 Å². The second kappa shape index (κ2) is 10.3. The van der Waals surface area contributed by atoms with Crippen LogP contribution in [0.2, 0.25) is 0 Å². The Labute approximate surface area is 185 Å². The molecule has 0 amide bonds. The van der Waals surface area contributed by atoms with Crippen molar-refractivity contribution < 1.29 is 0 Å². The van der Waals surface area contributed by atoms with Crippen LogP contribution >= 0.6 is 0 Å². The summed E-state index contributed by atoms with van der Waals surface area (Å²) in [6.45, 7) is 19.3. The average Bonchev–Trinajstić information content (AvgIpc) is 3.19. The van der Waals surface area contributed by atoms with E-state index in [2.05, 4.69) is 69.7 Å². The molecule has 1 saturated carbocycles. The van der Waals surface area contributed by atoms with Crippen LogP contribution in [0.3, 0.4) is 0 Å². The Morgan fingerprint density at radius 1 is 1.07 bits per heavy atom. The van der Waals surface area contributed by atoms with Gasteiger partial charge in [0.05, 0.1) is 5.69 Å². The Morgan fingerprint density at radius 3 is 2.20 bits per heavy atom. The standard InChI is InChI=1S/C24H30N2.2C2H6/c1-6-24(15-19(24)5)21-10-8-7-9-20(21)23-25-11-12-26(23)22-17(3)13-16(2)14-18(22)4;2*1-2/h8,10-14,19H,6-7,9,15H2,1-5H3;2*1-2H3/t19-,24?;;/m0../s1. The Bertz CT molecular complexity index is 885. The number of allylic oxidation sites excluding steroid dienone is 4. The topological polar surface area (TPSA) is 17.8 Å². The van der Waals surface area contributed by atoms with E-state index in [1.54, 1.807) is 5.57 Å². The summed E-state index contributed by atoms with van der Waals surface area (Å²) in [7, 11) is 0. The van der Waals surface area contributed by atoms with Crippen molar-refractivity contribution in [3.63, 3.8) is 0 Å². The zero-order valence-electron chi connectivity index (χ0n) is 20.8. The van der Waals surface area contributed by atoms with Crippen molar-refractivity contribution in [1.29, 1.82) is 0 Å². The molecule has 0 saturated heterocycles. The maximum absolute atomic E-state index is 4.84. The van der Waals surface area contributed by atoms with Gasteiger partial charge in [0, 0.05) is 12.4 Å². The van der Waals surface area contributed by atoms with Crippen molar-refractivity contribution in [2.24, 2.45) is 11.3 Å². The minimum Gasteiger partial charge on any atom is -0.300 e. The molecule has 4 rings (SSSR count). The highest BCUT2D eigenvalue weighted by Gasteiger charge is 2.52. The highest BCUT2D eigenvalue weighted by molar-refractivity contribution is 5.72. The van der Waals surface area contributed by atoms with Gasteiger partial charge in [-0.3, -0.25) is 4.57 Å². The van der Waals surface area contributed by atoms with Crippen molar-refractivity contribution in [3.05, 3.63) is 64.8 Å². The molecule has 30 heavy (non-hydrogen) atoms. The molecule has 2 atom stereocenters. The molecule has 1 fully saturated rings. The number of hydrogen-bond acceptors (Lipinski definition) is 1. The third kappa shape index (κ3) is 4.33. The second-order valence-electron chi connectivity index (χ2n) is 8.32. The molecule has 1 heterocycles. The highest BCUT2D eigenvalue weighted by atomic mass is 15.1. The van der Waals surface area contributed by atoms with E-state index in [1.165, 1.54) is 40.8 Å². The van der Waals surface area contributed by atoms with Crippen LogP contribution in [0.5, 0.6) is 0 Å². The summed E-state index contributed by atoms with van der Waals surface area (Å²) in [4.78, 5) is 4.84. The predicted molar refractivity (Wildman–Crippen MR) is 132 cm³/mol. The predicted octanol–water partition coefficient (Wildman–Crippen LogP) is 8.39. The maximum Gasteiger partial charge on any atom is 0.140 e. The van der Waals surface area contributed by atoms with Crippen LogP contribution in [0.1, 0.15) is 89.7 Å². The van der Waals surface area contributed by atoms with E-state index in [1.807, 2.05) is 33.9 Å². The molecule has 2 aromatic rings. The summed E-state index contributed by atoms with van der Waals surface area (Å²) in [6.07, 6.45) is 13.6. The van der Waals surface area contributed by atoms with E-state index in [-0.39, 0.29) is 0 Å². The lowest BCUT2D eigenvalue weighted by Crippen LogP contribution is -2.13. The number of aromatic nitrogens is 2. The molecule has 2 nitrogen and oxygen atoms in total. The zero-order chi connectivity index (χ0) is 22.5. The van der Waals surface area contributed by atoms with Crippen molar-refractivity contribution >= 4 is 5.57 Å². The molecule has 164 valence electrons. The van der Waals surface area contributed by atoms with Crippen molar-refractivity contribution in [2.45, 2.75) is 88.0 Å². The third-order valence-electron chi connectivity index (χ3n) is 6.58. The summed E-state index contributed by atoms with van der Waals surface area (Å²) in [6, 6.07) is 4.55. The van der Waals surface area contributed by atoms with Crippen LogP contribution in [-0.2, 0) is 0 Å². The van der Waals surface area contributed by atoms with Gasteiger partial charge in [-0.2, -0.15) is 0 Å². The monoisotopic (exact) mass is 406 g/mol. The van der Waals surface area contributed by atoms with Gasteiger partial charge >= 0.3 is 0 Å². The van der Waals surface area contributed by atoms with Gasteiger partial charge in [0.15, 0.2) is 0 Å². The van der Waals surface area contributed by atoms with Crippen molar-refractivity contribution in [2.75, 3.05) is 0 Å². The number of nitrogens with zero attached hydrogens (tertiary/aromatic N) is 2. The first kappa shape index (κ1) is 24.2. The molecule has 0 N–H and O–H groups in total. The minimum atomic E-state index is 0.375. The van der Waals surface area contributed by atoms with Crippen LogP contribution in [0.15, 0.2) is 42.3 Å². The Morgan fingerprint density at radius 2 is 1.67 bits per heavy atom. The fraction of sp³-hybridized carbons (Fsp3) is 0.536. The smallest absolute Gasteiger partial charge is 0.140 e. The maximum atomic E-state index is 4.84. The van der Waals surface area contributed by atoms with Crippen LogP contribution in [0, 0.1) is 32.1 Å². The molecule has 0 radical (unpaired) electrons. The van der Waals surface area contributed by atoms with E-state index in [9.17, 15) is 0 Å². The Hall–Kier alpha value is -2.09. The number of imidazole rings is 1. The molecular formula is C28H42N2. The fourth-order valence-electron chi connectivity index (χ4n) is 5.17. The van der Waals surface area contributed by atoms with Gasteiger partial charge in [-0.05, 0) is 80.1 Å². The molecule has 1 unspecified atom stereocenters. The molecule has 2 aliphatic rings. The van der Waals surface area contributed by atoms with Gasteiger partial charge in [-0.1, -0.05) is 71.4 Å². The first-order valence-corrected chi connectivity index (χ1v) is 12.0. The van der Waals surface area contributed by atoms with Gasteiger partial charge < -0.3 is 0 Å². The summed E-state index contributed by atoms with van der Waals surface area (Å²) < 4.78 is 2.33. The summed E-state index contributed by atoms with van der Waals surface area (Å²) >= 11 is 0. The zero-order valence-corrected chi connectivity index (χ0v) is 20.8. The lowest BCUT2D eigenvalue weighted by Gasteiger charge is -2.25. The molecular weight excluding hydrogens is 364 g/mol. The molecule has 0 bridgehead atoms. The second-order valence-corrected chi connectivity index (χ2v) is 8.32. The van der Waals surface area contributed by atoms with Crippen LogP contribution in [-0.4, -0.2) is 9.55 Å². The summed E-state index contributed by atoms with van der Waals surface area (Å²) in [5.41, 5.74) is 8.64. The third-order valence-corrected chi connectivity index (χ3v) is 6.58. The first-order chi connectivity index (χ1) is 14.5. The molecule has 2 heteroatoms. The lowest BCUT2D eigenvalue weighted by atomic mass is 9.82. The van der Waals surface area contributed by atoms with Gasteiger partial charge in [-0.15, -0.1) is 0 Å². The van der Waals surface area contributed by atoms with E-state index < -0.39 is 0 Å². The molecule has 1 aromatic heterocycles. The normalized spacial score (nSPS) is 22.1. The lowest BCUT2D eigenvalue weighted by molar-refractivity contribution is 0.542. The average molecular weight is 407 g/mol. The molecule has 0 aliphatic heterocycles. The van der Waals surface area contributed by atoms with E-state index >= 15 is 0 Å².